The molecule has 3 rings (SSSR count). The maximum atomic E-state index is 11.7. The van der Waals surface area contributed by atoms with Crippen LogP contribution in [0.4, 0.5) is 0 Å². The second kappa shape index (κ2) is 5.59. The maximum Gasteiger partial charge on any atom is 0.336 e. The number of carbonyl (C=O) groups is 1. The van der Waals surface area contributed by atoms with Crippen LogP contribution in [0.15, 0.2) is 27.4 Å². The Labute approximate surface area is 129 Å². The third kappa shape index (κ3) is 2.91. The van der Waals surface area contributed by atoms with Gasteiger partial charge in [-0.15, -0.1) is 0 Å². The van der Waals surface area contributed by atoms with Crippen LogP contribution in [0.5, 0.6) is 0 Å². The predicted octanol–water partition coefficient (Wildman–Crippen LogP) is 3.68. The summed E-state index contributed by atoms with van der Waals surface area (Å²) in [6, 6.07) is 5.35. The Kier molecular flexibility index (Phi) is 3.77. The number of fused-ring (bicyclic) bond motifs is 1. The Bertz CT molecular complexity index is 782. The molecule has 1 saturated carbocycles. The molecule has 1 aliphatic carbocycles. The van der Waals surface area contributed by atoms with E-state index in [1.54, 1.807) is 0 Å². The molecule has 0 N–H and O–H groups in total. The third-order valence-electron chi connectivity index (χ3n) is 4.12. The van der Waals surface area contributed by atoms with Crippen LogP contribution in [0.2, 0.25) is 0 Å². The molecule has 0 radical (unpaired) electrons. The molecule has 22 heavy (non-hydrogen) atoms. The number of hydrogen-bond donors (Lipinski definition) is 0. The van der Waals surface area contributed by atoms with Gasteiger partial charge in [0, 0.05) is 17.0 Å². The van der Waals surface area contributed by atoms with Crippen molar-refractivity contribution in [3.05, 3.63) is 45.3 Å². The molecule has 1 aliphatic rings. The van der Waals surface area contributed by atoms with Crippen molar-refractivity contribution in [1.29, 1.82) is 0 Å². The van der Waals surface area contributed by atoms with Crippen LogP contribution in [0.3, 0.4) is 0 Å². The highest BCUT2D eigenvalue weighted by Crippen LogP contribution is 2.31. The van der Waals surface area contributed by atoms with Crippen LogP contribution in [-0.2, 0) is 16.1 Å². The fourth-order valence-corrected chi connectivity index (χ4v) is 2.72. The number of esters is 1. The van der Waals surface area contributed by atoms with Gasteiger partial charge in [-0.05, 0) is 48.9 Å². The van der Waals surface area contributed by atoms with Crippen molar-refractivity contribution >= 4 is 16.9 Å². The smallest absolute Gasteiger partial charge is 0.336 e. The minimum atomic E-state index is -0.415. The summed E-state index contributed by atoms with van der Waals surface area (Å²) in [6.45, 7) is 6.38. The van der Waals surface area contributed by atoms with Gasteiger partial charge < -0.3 is 9.15 Å². The molecular formula is C18H20O4. The molecule has 116 valence electrons. The largest absolute Gasteiger partial charge is 0.461 e. The van der Waals surface area contributed by atoms with E-state index in [1.807, 2.05) is 19.1 Å². The first-order valence-electron chi connectivity index (χ1n) is 7.69. The highest BCUT2D eigenvalue weighted by Gasteiger charge is 2.31. The van der Waals surface area contributed by atoms with Crippen LogP contribution in [0.1, 0.15) is 49.3 Å². The van der Waals surface area contributed by atoms with Gasteiger partial charge >= 0.3 is 11.6 Å². The normalized spacial score (nSPS) is 14.5. The van der Waals surface area contributed by atoms with Crippen LogP contribution < -0.4 is 5.63 Å². The van der Waals surface area contributed by atoms with Crippen molar-refractivity contribution in [1.82, 2.24) is 0 Å². The lowest BCUT2D eigenvalue weighted by molar-refractivity contribution is -0.146. The third-order valence-corrected chi connectivity index (χ3v) is 4.12. The summed E-state index contributed by atoms with van der Waals surface area (Å²) in [5, 5.41) is 0.845. The lowest BCUT2D eigenvalue weighted by Gasteiger charge is -2.13. The minimum Gasteiger partial charge on any atom is -0.461 e. The van der Waals surface area contributed by atoms with Crippen molar-refractivity contribution in [2.45, 2.75) is 46.1 Å². The summed E-state index contributed by atoms with van der Waals surface area (Å²) in [6.07, 6.45) is 1.82. The molecule has 0 saturated heterocycles. The van der Waals surface area contributed by atoms with E-state index in [-0.39, 0.29) is 18.5 Å². The van der Waals surface area contributed by atoms with Crippen molar-refractivity contribution in [2.75, 3.05) is 0 Å². The van der Waals surface area contributed by atoms with Crippen LogP contribution in [0, 0.1) is 12.8 Å². The second-order valence-corrected chi connectivity index (χ2v) is 6.33. The van der Waals surface area contributed by atoms with Gasteiger partial charge in [-0.3, -0.25) is 4.79 Å². The average Bonchev–Trinajstić information content (AvgIpc) is 3.27. The zero-order valence-electron chi connectivity index (χ0n) is 13.1. The van der Waals surface area contributed by atoms with Gasteiger partial charge in [0.2, 0.25) is 0 Å². The predicted molar refractivity (Wildman–Crippen MR) is 83.8 cm³/mol. The summed E-state index contributed by atoms with van der Waals surface area (Å²) < 4.78 is 10.6. The summed E-state index contributed by atoms with van der Waals surface area (Å²) >= 11 is 0. The van der Waals surface area contributed by atoms with Crippen molar-refractivity contribution in [2.24, 2.45) is 5.92 Å². The lowest BCUT2D eigenvalue weighted by Crippen LogP contribution is -2.09. The maximum absolute atomic E-state index is 11.7. The van der Waals surface area contributed by atoms with E-state index in [9.17, 15) is 9.59 Å². The zero-order valence-corrected chi connectivity index (χ0v) is 13.1. The van der Waals surface area contributed by atoms with Crippen LogP contribution >= 0.6 is 0 Å². The van der Waals surface area contributed by atoms with E-state index in [2.05, 4.69) is 13.8 Å². The summed E-state index contributed by atoms with van der Waals surface area (Å²) in [4.78, 5) is 23.4. The molecule has 0 bridgehead atoms. The Morgan fingerprint density at radius 3 is 2.68 bits per heavy atom. The molecule has 4 nitrogen and oxygen atoms in total. The fraction of sp³-hybridized carbons (Fsp3) is 0.444. The average molecular weight is 300 g/mol. The van der Waals surface area contributed by atoms with Gasteiger partial charge in [0.25, 0.3) is 0 Å². The Morgan fingerprint density at radius 2 is 2.05 bits per heavy atom. The summed E-state index contributed by atoms with van der Waals surface area (Å²) in [7, 11) is 0. The van der Waals surface area contributed by atoms with Crippen molar-refractivity contribution in [3.63, 3.8) is 0 Å². The first-order chi connectivity index (χ1) is 10.5. The van der Waals surface area contributed by atoms with Crippen molar-refractivity contribution < 1.29 is 13.9 Å². The molecule has 0 unspecified atom stereocenters. The number of rotatable bonds is 4. The zero-order chi connectivity index (χ0) is 15.9. The first kappa shape index (κ1) is 14.8. The second-order valence-electron chi connectivity index (χ2n) is 6.33. The van der Waals surface area contributed by atoms with Crippen LogP contribution in [-0.4, -0.2) is 5.97 Å². The van der Waals surface area contributed by atoms with E-state index >= 15 is 0 Å². The molecule has 4 heteroatoms. The molecule has 0 aliphatic heterocycles. The van der Waals surface area contributed by atoms with Gasteiger partial charge in [0.15, 0.2) is 0 Å². The molecule has 1 aromatic carbocycles. The van der Waals surface area contributed by atoms with E-state index in [0.29, 0.717) is 17.1 Å². The number of benzene rings is 1. The Morgan fingerprint density at radius 1 is 1.32 bits per heavy atom. The first-order valence-corrected chi connectivity index (χ1v) is 7.69. The van der Waals surface area contributed by atoms with Gasteiger partial charge in [-0.1, -0.05) is 13.8 Å². The van der Waals surface area contributed by atoms with E-state index in [1.165, 1.54) is 11.6 Å². The molecule has 1 aromatic heterocycles. The molecule has 0 amide bonds. The van der Waals surface area contributed by atoms with E-state index < -0.39 is 5.63 Å². The Hall–Kier alpha value is -2.10. The number of ether oxygens (including phenoxy) is 1. The number of hydrogen-bond acceptors (Lipinski definition) is 4. The fourth-order valence-electron chi connectivity index (χ4n) is 2.72. The van der Waals surface area contributed by atoms with E-state index in [0.717, 1.165) is 23.8 Å². The summed E-state index contributed by atoms with van der Waals surface area (Å²) in [5.74, 6) is 0.260. The van der Waals surface area contributed by atoms with Gasteiger partial charge in [0.05, 0.1) is 5.92 Å². The minimum absolute atomic E-state index is 0.0554. The molecule has 1 heterocycles. The molecule has 0 atom stereocenters. The number of carbonyl (C=O) groups excluding carboxylic acids is 1. The van der Waals surface area contributed by atoms with Gasteiger partial charge in [-0.25, -0.2) is 4.79 Å². The topological polar surface area (TPSA) is 56.5 Å². The van der Waals surface area contributed by atoms with E-state index in [4.69, 9.17) is 9.15 Å². The monoisotopic (exact) mass is 300 g/mol. The summed E-state index contributed by atoms with van der Waals surface area (Å²) in [5.41, 5.74) is 3.14. The molecule has 0 spiro atoms. The quantitative estimate of drug-likeness (QED) is 0.638. The van der Waals surface area contributed by atoms with Crippen molar-refractivity contribution in [3.8, 4) is 0 Å². The highest BCUT2D eigenvalue weighted by molar-refractivity contribution is 5.82. The van der Waals surface area contributed by atoms with Gasteiger partial charge in [0.1, 0.15) is 12.2 Å². The van der Waals surface area contributed by atoms with Crippen LogP contribution in [0.25, 0.3) is 11.0 Å². The molecular weight excluding hydrogens is 280 g/mol. The number of aryl methyl sites for hydroxylation is 1. The van der Waals surface area contributed by atoms with Gasteiger partial charge in [-0.2, -0.15) is 0 Å². The highest BCUT2D eigenvalue weighted by atomic mass is 16.5. The SMILES string of the molecule is Cc1cc2oc(=O)cc(COC(=O)C3CC3)c2cc1C(C)C. The lowest BCUT2D eigenvalue weighted by atomic mass is 9.95. The standard InChI is InChI=1S/C18H20O4/c1-10(2)14-8-15-13(9-21-18(20)12-4-5-12)7-17(19)22-16(15)6-11(14)3/h6-8,10,12H,4-5,9H2,1-3H3. The Balaban J connectivity index is 2.01. The molecule has 2 aromatic rings. The molecule has 1 fully saturated rings.